The topological polar surface area (TPSA) is 117 Å². The predicted molar refractivity (Wildman–Crippen MR) is 131 cm³/mol. The number of ether oxygens (including phenoxy) is 2. The molecule has 180 valence electrons. The van der Waals surface area contributed by atoms with E-state index in [1.54, 1.807) is 49.6 Å². The lowest BCUT2D eigenvalue weighted by atomic mass is 10.2. The molecule has 0 aliphatic heterocycles. The van der Waals surface area contributed by atoms with Crippen LogP contribution >= 0.6 is 11.6 Å². The lowest BCUT2D eigenvalue weighted by Crippen LogP contribution is -2.43. The first kappa shape index (κ1) is 24.0. The summed E-state index contributed by atoms with van der Waals surface area (Å²) in [7, 11) is 4.54. The number of halogens is 1. The minimum atomic E-state index is -0.666. The molecule has 0 bridgehead atoms. The summed E-state index contributed by atoms with van der Waals surface area (Å²) in [6, 6.07) is 12.1. The van der Waals surface area contributed by atoms with Gasteiger partial charge in [0.1, 0.15) is 23.4 Å². The first-order valence-corrected chi connectivity index (χ1v) is 10.9. The molecule has 1 N–H and O–H groups in total. The van der Waals surface area contributed by atoms with E-state index >= 15 is 0 Å². The fraction of sp³-hybridized carbons (Fsp3) is 0.208. The SMILES string of the molecule is COc1ccc(CNC(=O)Cn2c(=O)c3cnc(-c4ccc(Cl)cc4)nc3n(C)c2=O)c(OC)c1. The molecule has 1 amide bonds. The van der Waals surface area contributed by atoms with Crippen LogP contribution in [0.4, 0.5) is 0 Å². The number of benzene rings is 2. The lowest BCUT2D eigenvalue weighted by Gasteiger charge is -2.13. The van der Waals surface area contributed by atoms with Crippen LogP contribution in [0.25, 0.3) is 22.4 Å². The van der Waals surface area contributed by atoms with E-state index in [0.29, 0.717) is 33.5 Å². The maximum absolute atomic E-state index is 13.0. The minimum Gasteiger partial charge on any atom is -0.497 e. The molecule has 11 heteroatoms. The second-order valence-electron chi connectivity index (χ2n) is 7.63. The summed E-state index contributed by atoms with van der Waals surface area (Å²) in [6.07, 6.45) is 1.35. The Morgan fingerprint density at radius 2 is 1.83 bits per heavy atom. The fourth-order valence-electron chi connectivity index (χ4n) is 3.55. The van der Waals surface area contributed by atoms with Crippen molar-refractivity contribution in [3.05, 3.63) is 80.1 Å². The van der Waals surface area contributed by atoms with Crippen LogP contribution in [0, 0.1) is 0 Å². The Hall–Kier alpha value is -4.18. The molecular weight excluding hydrogens is 474 g/mol. The second kappa shape index (κ2) is 9.98. The Bertz CT molecular complexity index is 1530. The second-order valence-corrected chi connectivity index (χ2v) is 8.06. The monoisotopic (exact) mass is 495 g/mol. The Morgan fingerprint density at radius 1 is 1.09 bits per heavy atom. The van der Waals surface area contributed by atoms with Crippen LogP contribution < -0.4 is 26.0 Å². The summed E-state index contributed by atoms with van der Waals surface area (Å²) < 4.78 is 12.6. The van der Waals surface area contributed by atoms with Gasteiger partial charge in [-0.1, -0.05) is 11.6 Å². The molecule has 2 heterocycles. The number of aromatic nitrogens is 4. The van der Waals surface area contributed by atoms with E-state index in [9.17, 15) is 14.4 Å². The smallest absolute Gasteiger partial charge is 0.332 e. The molecule has 0 unspecified atom stereocenters. The molecule has 0 saturated heterocycles. The molecule has 10 nitrogen and oxygen atoms in total. The van der Waals surface area contributed by atoms with Crippen LogP contribution in [-0.2, 0) is 24.9 Å². The quantitative estimate of drug-likeness (QED) is 0.417. The summed E-state index contributed by atoms with van der Waals surface area (Å²) in [4.78, 5) is 47.2. The van der Waals surface area contributed by atoms with E-state index in [1.165, 1.54) is 24.9 Å². The normalized spacial score (nSPS) is 10.9. The van der Waals surface area contributed by atoms with Gasteiger partial charge in [0.2, 0.25) is 5.91 Å². The van der Waals surface area contributed by atoms with Gasteiger partial charge in [0.15, 0.2) is 11.5 Å². The van der Waals surface area contributed by atoms with Crippen molar-refractivity contribution in [3.8, 4) is 22.9 Å². The first-order chi connectivity index (χ1) is 16.8. The van der Waals surface area contributed by atoms with Gasteiger partial charge in [-0.3, -0.25) is 18.7 Å². The number of rotatable bonds is 7. The lowest BCUT2D eigenvalue weighted by molar-refractivity contribution is -0.121. The van der Waals surface area contributed by atoms with Gasteiger partial charge in [0, 0.05) is 42.0 Å². The number of carbonyl (C=O) groups excluding carboxylic acids is 1. The van der Waals surface area contributed by atoms with Crippen molar-refractivity contribution in [3.63, 3.8) is 0 Å². The van der Waals surface area contributed by atoms with Crippen molar-refractivity contribution in [2.75, 3.05) is 14.2 Å². The molecule has 0 aliphatic carbocycles. The van der Waals surface area contributed by atoms with Crippen LogP contribution in [0.5, 0.6) is 11.5 Å². The summed E-state index contributed by atoms with van der Waals surface area (Å²) in [5.74, 6) is 0.981. The Kier molecular flexibility index (Phi) is 6.83. The van der Waals surface area contributed by atoms with Crippen molar-refractivity contribution >= 4 is 28.5 Å². The van der Waals surface area contributed by atoms with E-state index in [2.05, 4.69) is 15.3 Å². The van der Waals surface area contributed by atoms with Crippen molar-refractivity contribution in [2.45, 2.75) is 13.1 Å². The van der Waals surface area contributed by atoms with Crippen LogP contribution in [0.1, 0.15) is 5.56 Å². The van der Waals surface area contributed by atoms with Crippen molar-refractivity contribution < 1.29 is 14.3 Å². The highest BCUT2D eigenvalue weighted by Crippen LogP contribution is 2.24. The van der Waals surface area contributed by atoms with Crippen LogP contribution in [0.2, 0.25) is 5.02 Å². The van der Waals surface area contributed by atoms with Gasteiger partial charge in [0.25, 0.3) is 5.56 Å². The maximum Gasteiger partial charge on any atom is 0.332 e. The summed E-state index contributed by atoms with van der Waals surface area (Å²) >= 11 is 5.93. The van der Waals surface area contributed by atoms with Crippen molar-refractivity contribution in [2.24, 2.45) is 7.05 Å². The van der Waals surface area contributed by atoms with E-state index in [1.807, 2.05) is 0 Å². The fourth-order valence-corrected chi connectivity index (χ4v) is 3.68. The van der Waals surface area contributed by atoms with E-state index in [0.717, 1.165) is 4.57 Å². The van der Waals surface area contributed by atoms with Gasteiger partial charge in [-0.2, -0.15) is 0 Å². The number of nitrogens with zero attached hydrogens (tertiary/aromatic N) is 4. The van der Waals surface area contributed by atoms with E-state index < -0.39 is 23.7 Å². The van der Waals surface area contributed by atoms with Crippen molar-refractivity contribution in [1.29, 1.82) is 0 Å². The zero-order chi connectivity index (χ0) is 25.1. The zero-order valence-corrected chi connectivity index (χ0v) is 20.0. The van der Waals surface area contributed by atoms with Crippen LogP contribution in [0.3, 0.4) is 0 Å². The molecule has 0 saturated carbocycles. The number of fused-ring (bicyclic) bond motifs is 1. The number of nitrogens with one attached hydrogen (secondary N) is 1. The molecule has 4 rings (SSSR count). The molecule has 0 radical (unpaired) electrons. The molecule has 0 fully saturated rings. The van der Waals surface area contributed by atoms with E-state index in [4.69, 9.17) is 21.1 Å². The number of hydrogen-bond acceptors (Lipinski definition) is 7. The Labute approximate surface area is 204 Å². The van der Waals surface area contributed by atoms with E-state index in [-0.39, 0.29) is 17.6 Å². The molecule has 4 aromatic rings. The third-order valence-electron chi connectivity index (χ3n) is 5.45. The number of amides is 1. The minimum absolute atomic E-state index is 0.120. The van der Waals surface area contributed by atoms with Crippen molar-refractivity contribution in [1.82, 2.24) is 24.4 Å². The summed E-state index contributed by atoms with van der Waals surface area (Å²) in [5.41, 5.74) is 0.243. The molecule has 35 heavy (non-hydrogen) atoms. The highest BCUT2D eigenvalue weighted by molar-refractivity contribution is 6.30. The first-order valence-electron chi connectivity index (χ1n) is 10.5. The highest BCUT2D eigenvalue weighted by atomic mass is 35.5. The maximum atomic E-state index is 13.0. The predicted octanol–water partition coefficient (Wildman–Crippen LogP) is 2.14. The average molecular weight is 496 g/mol. The molecular formula is C24H22ClN5O5. The number of methoxy groups -OCH3 is 2. The van der Waals surface area contributed by atoms with Gasteiger partial charge < -0.3 is 14.8 Å². The highest BCUT2D eigenvalue weighted by Gasteiger charge is 2.17. The summed E-state index contributed by atoms with van der Waals surface area (Å²) in [6.45, 7) is -0.318. The molecule has 2 aromatic carbocycles. The number of aryl methyl sites for hydroxylation is 1. The Morgan fingerprint density at radius 3 is 2.51 bits per heavy atom. The van der Waals surface area contributed by atoms with Gasteiger partial charge in [-0.25, -0.2) is 14.8 Å². The molecule has 2 aromatic heterocycles. The molecule has 0 spiro atoms. The van der Waals surface area contributed by atoms with Gasteiger partial charge in [-0.15, -0.1) is 0 Å². The number of carbonyl (C=O) groups is 1. The average Bonchev–Trinajstić information content (AvgIpc) is 2.88. The summed E-state index contributed by atoms with van der Waals surface area (Å²) in [5, 5.41) is 3.39. The molecule has 0 aliphatic rings. The third kappa shape index (κ3) is 4.87. The van der Waals surface area contributed by atoms with Crippen LogP contribution in [-0.4, -0.2) is 39.2 Å². The standard InChI is InChI=1S/C24H22ClN5O5/c1-29-22-18(12-27-21(28-22)14-4-7-16(25)8-5-14)23(32)30(24(29)33)13-20(31)26-11-15-6-9-17(34-2)10-19(15)35-3/h4-10,12H,11,13H2,1-3H3,(H,26,31). The largest absolute Gasteiger partial charge is 0.497 e. The number of hydrogen-bond donors (Lipinski definition) is 1. The van der Waals surface area contributed by atoms with Gasteiger partial charge in [-0.05, 0) is 36.4 Å². The zero-order valence-electron chi connectivity index (χ0n) is 19.2. The van der Waals surface area contributed by atoms with Gasteiger partial charge in [0.05, 0.1) is 14.2 Å². The van der Waals surface area contributed by atoms with Crippen LogP contribution in [0.15, 0.2) is 58.3 Å². The van der Waals surface area contributed by atoms with Gasteiger partial charge >= 0.3 is 5.69 Å². The molecule has 0 atom stereocenters. The Balaban J connectivity index is 1.59. The third-order valence-corrected chi connectivity index (χ3v) is 5.71.